The molecule has 2 heterocycles. The molecular formula is C17H17N5. The van der Waals surface area contributed by atoms with E-state index in [1.807, 2.05) is 37.3 Å². The van der Waals surface area contributed by atoms with Gasteiger partial charge in [0.1, 0.15) is 11.6 Å². The fraction of sp³-hybridized carbons (Fsp3) is 0.235. The van der Waals surface area contributed by atoms with Crippen molar-refractivity contribution in [2.75, 3.05) is 10.6 Å². The predicted octanol–water partition coefficient (Wildman–Crippen LogP) is 3.65. The Labute approximate surface area is 128 Å². The number of hydrogen-bond acceptors (Lipinski definition) is 5. The first-order valence-electron chi connectivity index (χ1n) is 7.51. The van der Waals surface area contributed by atoms with Gasteiger partial charge in [0.25, 0.3) is 0 Å². The number of fused-ring (bicyclic) bond motifs is 1. The third kappa shape index (κ3) is 2.70. The second kappa shape index (κ2) is 5.26. The van der Waals surface area contributed by atoms with Gasteiger partial charge in [0, 0.05) is 29.4 Å². The van der Waals surface area contributed by atoms with Crippen molar-refractivity contribution in [3.8, 4) is 0 Å². The molecule has 5 nitrogen and oxygen atoms in total. The molecule has 0 amide bonds. The molecule has 0 radical (unpaired) electrons. The predicted molar refractivity (Wildman–Crippen MR) is 88.4 cm³/mol. The second-order valence-electron chi connectivity index (χ2n) is 5.64. The Kier molecular flexibility index (Phi) is 3.11. The molecule has 1 aromatic carbocycles. The first-order chi connectivity index (χ1) is 10.8. The monoisotopic (exact) mass is 291 g/mol. The van der Waals surface area contributed by atoms with Crippen LogP contribution in [0.15, 0.2) is 42.6 Å². The van der Waals surface area contributed by atoms with Gasteiger partial charge in [-0.2, -0.15) is 4.98 Å². The van der Waals surface area contributed by atoms with E-state index in [4.69, 9.17) is 0 Å². The van der Waals surface area contributed by atoms with Gasteiger partial charge >= 0.3 is 0 Å². The highest BCUT2D eigenvalue weighted by atomic mass is 15.2. The van der Waals surface area contributed by atoms with Crippen LogP contribution in [0.1, 0.15) is 18.5 Å². The molecule has 0 spiro atoms. The summed E-state index contributed by atoms with van der Waals surface area (Å²) in [6.45, 7) is 1.97. The van der Waals surface area contributed by atoms with Gasteiger partial charge < -0.3 is 10.6 Å². The van der Waals surface area contributed by atoms with E-state index in [9.17, 15) is 0 Å². The molecule has 3 aromatic rings. The fourth-order valence-electron chi connectivity index (χ4n) is 2.46. The first-order valence-corrected chi connectivity index (χ1v) is 7.51. The summed E-state index contributed by atoms with van der Waals surface area (Å²) >= 11 is 0. The molecule has 1 aliphatic rings. The molecule has 0 atom stereocenters. The lowest BCUT2D eigenvalue weighted by atomic mass is 10.1. The molecule has 110 valence electrons. The molecular weight excluding hydrogens is 274 g/mol. The molecule has 1 aliphatic carbocycles. The van der Waals surface area contributed by atoms with Crippen LogP contribution >= 0.6 is 0 Å². The minimum atomic E-state index is 0.567. The summed E-state index contributed by atoms with van der Waals surface area (Å²) in [5.74, 6) is 2.23. The van der Waals surface area contributed by atoms with Gasteiger partial charge in [-0.3, -0.25) is 0 Å². The highest BCUT2D eigenvalue weighted by molar-refractivity contribution is 5.92. The number of pyridine rings is 1. The molecule has 5 heteroatoms. The van der Waals surface area contributed by atoms with Crippen LogP contribution in [-0.4, -0.2) is 21.0 Å². The Hall–Kier alpha value is -2.69. The normalized spacial score (nSPS) is 14.0. The molecule has 4 rings (SSSR count). The van der Waals surface area contributed by atoms with Crippen molar-refractivity contribution in [3.05, 3.63) is 48.3 Å². The van der Waals surface area contributed by atoms with Gasteiger partial charge in [0.15, 0.2) is 0 Å². The SMILES string of the molecule is Cc1cc(NC2CC2)nc(Nc2nccc3ccccc23)n1. The zero-order valence-electron chi connectivity index (χ0n) is 12.4. The lowest BCUT2D eigenvalue weighted by molar-refractivity contribution is 1.05. The maximum absolute atomic E-state index is 4.54. The van der Waals surface area contributed by atoms with E-state index in [1.54, 1.807) is 6.20 Å². The second-order valence-corrected chi connectivity index (χ2v) is 5.64. The number of rotatable bonds is 4. The molecule has 1 fully saturated rings. The van der Waals surface area contributed by atoms with Crippen molar-refractivity contribution in [2.24, 2.45) is 0 Å². The van der Waals surface area contributed by atoms with Crippen molar-refractivity contribution in [3.63, 3.8) is 0 Å². The summed E-state index contributed by atoms with van der Waals surface area (Å²) in [5, 5.41) is 8.86. The van der Waals surface area contributed by atoms with Crippen molar-refractivity contribution in [1.82, 2.24) is 15.0 Å². The minimum absolute atomic E-state index is 0.567. The zero-order chi connectivity index (χ0) is 14.9. The van der Waals surface area contributed by atoms with E-state index in [0.717, 1.165) is 28.1 Å². The van der Waals surface area contributed by atoms with E-state index in [0.29, 0.717) is 12.0 Å². The number of benzene rings is 1. The first kappa shape index (κ1) is 13.0. The van der Waals surface area contributed by atoms with Crippen molar-refractivity contribution >= 4 is 28.4 Å². The van der Waals surface area contributed by atoms with E-state index in [2.05, 4.69) is 31.7 Å². The van der Waals surface area contributed by atoms with Gasteiger partial charge in [0.05, 0.1) is 0 Å². The number of hydrogen-bond donors (Lipinski definition) is 2. The topological polar surface area (TPSA) is 62.7 Å². The molecule has 0 unspecified atom stereocenters. The van der Waals surface area contributed by atoms with E-state index < -0.39 is 0 Å². The van der Waals surface area contributed by atoms with Crippen LogP contribution in [0.3, 0.4) is 0 Å². The molecule has 0 saturated heterocycles. The molecule has 22 heavy (non-hydrogen) atoms. The Morgan fingerprint density at radius 3 is 2.82 bits per heavy atom. The van der Waals surface area contributed by atoms with Crippen LogP contribution in [0.5, 0.6) is 0 Å². The minimum Gasteiger partial charge on any atom is -0.367 e. The summed E-state index contributed by atoms with van der Waals surface area (Å²) in [7, 11) is 0. The van der Waals surface area contributed by atoms with Crippen LogP contribution in [0, 0.1) is 6.92 Å². The highest BCUT2D eigenvalue weighted by Crippen LogP contribution is 2.26. The third-order valence-corrected chi connectivity index (χ3v) is 3.69. The third-order valence-electron chi connectivity index (χ3n) is 3.69. The van der Waals surface area contributed by atoms with Gasteiger partial charge in [-0.15, -0.1) is 0 Å². The summed E-state index contributed by atoms with van der Waals surface area (Å²) in [4.78, 5) is 13.4. The van der Waals surface area contributed by atoms with Crippen LogP contribution < -0.4 is 10.6 Å². The Balaban J connectivity index is 1.68. The molecule has 2 aromatic heterocycles. The zero-order valence-corrected chi connectivity index (χ0v) is 12.4. The summed E-state index contributed by atoms with van der Waals surface area (Å²) in [5.41, 5.74) is 0.931. The van der Waals surface area contributed by atoms with E-state index >= 15 is 0 Å². The van der Waals surface area contributed by atoms with Crippen LogP contribution in [-0.2, 0) is 0 Å². The summed E-state index contributed by atoms with van der Waals surface area (Å²) in [6, 6.07) is 12.7. The number of aromatic nitrogens is 3. The fourth-order valence-corrected chi connectivity index (χ4v) is 2.46. The van der Waals surface area contributed by atoms with E-state index in [-0.39, 0.29) is 0 Å². The number of anilines is 3. The maximum atomic E-state index is 4.54. The lowest BCUT2D eigenvalue weighted by Crippen LogP contribution is -2.07. The number of nitrogens with zero attached hydrogens (tertiary/aromatic N) is 3. The average molecular weight is 291 g/mol. The highest BCUT2D eigenvalue weighted by Gasteiger charge is 2.21. The van der Waals surface area contributed by atoms with Crippen molar-refractivity contribution in [1.29, 1.82) is 0 Å². The van der Waals surface area contributed by atoms with E-state index in [1.165, 1.54) is 12.8 Å². The lowest BCUT2D eigenvalue weighted by Gasteiger charge is -2.10. The standard InChI is InChI=1S/C17H17N5/c1-11-10-15(20-13-6-7-13)21-17(19-11)22-16-14-5-3-2-4-12(14)8-9-18-16/h2-5,8-10,13H,6-7H2,1H3,(H2,18,19,20,21,22). The molecule has 1 saturated carbocycles. The molecule has 0 aliphatic heterocycles. The Morgan fingerprint density at radius 1 is 1.09 bits per heavy atom. The van der Waals surface area contributed by atoms with Crippen LogP contribution in [0.4, 0.5) is 17.6 Å². The summed E-state index contributed by atoms with van der Waals surface area (Å²) < 4.78 is 0. The number of aryl methyl sites for hydroxylation is 1. The van der Waals surface area contributed by atoms with Gasteiger partial charge in [-0.25, -0.2) is 9.97 Å². The number of nitrogens with one attached hydrogen (secondary N) is 2. The maximum Gasteiger partial charge on any atom is 0.230 e. The average Bonchev–Trinajstić information content (AvgIpc) is 3.31. The van der Waals surface area contributed by atoms with Crippen molar-refractivity contribution in [2.45, 2.75) is 25.8 Å². The Morgan fingerprint density at radius 2 is 1.95 bits per heavy atom. The molecule has 0 bridgehead atoms. The van der Waals surface area contributed by atoms with Crippen LogP contribution in [0.2, 0.25) is 0 Å². The van der Waals surface area contributed by atoms with Gasteiger partial charge in [-0.05, 0) is 31.2 Å². The van der Waals surface area contributed by atoms with Crippen molar-refractivity contribution < 1.29 is 0 Å². The Bertz CT molecular complexity index is 821. The van der Waals surface area contributed by atoms with Gasteiger partial charge in [-0.1, -0.05) is 24.3 Å². The smallest absolute Gasteiger partial charge is 0.230 e. The van der Waals surface area contributed by atoms with Crippen LogP contribution in [0.25, 0.3) is 10.8 Å². The van der Waals surface area contributed by atoms with Gasteiger partial charge in [0.2, 0.25) is 5.95 Å². The quantitative estimate of drug-likeness (QED) is 0.768. The summed E-state index contributed by atoms with van der Waals surface area (Å²) in [6.07, 6.45) is 4.23. The largest absolute Gasteiger partial charge is 0.367 e. The molecule has 2 N–H and O–H groups in total.